The zero-order chi connectivity index (χ0) is 16.5. The Balaban J connectivity index is 1.99. The summed E-state index contributed by atoms with van der Waals surface area (Å²) < 4.78 is 11.6. The van der Waals surface area contributed by atoms with Crippen molar-refractivity contribution in [1.29, 1.82) is 0 Å². The summed E-state index contributed by atoms with van der Waals surface area (Å²) in [6, 6.07) is 14.9. The van der Waals surface area contributed by atoms with Crippen molar-refractivity contribution in [2.45, 2.75) is 20.3 Å². The van der Waals surface area contributed by atoms with E-state index < -0.39 is 0 Å². The first kappa shape index (κ1) is 16.7. The molecule has 2 N–H and O–H groups in total. The van der Waals surface area contributed by atoms with E-state index in [4.69, 9.17) is 15.2 Å². The van der Waals surface area contributed by atoms with Gasteiger partial charge < -0.3 is 15.2 Å². The lowest BCUT2D eigenvalue weighted by atomic mass is 10.2. The second-order valence-electron chi connectivity index (χ2n) is 5.11. The summed E-state index contributed by atoms with van der Waals surface area (Å²) in [5.41, 5.74) is 7.54. The van der Waals surface area contributed by atoms with Crippen LogP contribution in [-0.2, 0) is 0 Å². The fourth-order valence-corrected chi connectivity index (χ4v) is 1.96. The zero-order valence-corrected chi connectivity index (χ0v) is 13.7. The van der Waals surface area contributed by atoms with Gasteiger partial charge in [0.2, 0.25) is 0 Å². The third-order valence-corrected chi connectivity index (χ3v) is 3.27. The van der Waals surface area contributed by atoms with Crippen molar-refractivity contribution in [2.75, 3.05) is 12.3 Å². The van der Waals surface area contributed by atoms with Gasteiger partial charge in [-0.3, -0.25) is 0 Å². The predicted octanol–water partition coefficient (Wildman–Crippen LogP) is 5.35. The number of rotatable bonds is 7. The van der Waals surface area contributed by atoms with Gasteiger partial charge in [-0.15, -0.1) is 0 Å². The number of hydrogen-bond donors (Lipinski definition) is 1. The molecule has 23 heavy (non-hydrogen) atoms. The predicted molar refractivity (Wildman–Crippen MR) is 96.1 cm³/mol. The molecule has 0 amide bonds. The second kappa shape index (κ2) is 8.69. The monoisotopic (exact) mass is 309 g/mol. The normalized spacial score (nSPS) is 11.7. The maximum absolute atomic E-state index is 5.83. The molecular weight excluding hydrogens is 286 g/mol. The Morgan fingerprint density at radius 2 is 1.78 bits per heavy atom. The van der Waals surface area contributed by atoms with Crippen LogP contribution in [0.2, 0.25) is 0 Å². The molecule has 0 fully saturated rings. The van der Waals surface area contributed by atoms with Crippen LogP contribution in [-0.4, -0.2) is 6.61 Å². The maximum Gasteiger partial charge on any atom is 0.131 e. The third-order valence-electron chi connectivity index (χ3n) is 3.27. The SMILES string of the molecule is C/C=C(\C=C/CC)COc1cccc(Oc2ccc(N)cc2)c1. The van der Waals surface area contributed by atoms with Crippen molar-refractivity contribution in [3.8, 4) is 17.2 Å². The minimum atomic E-state index is 0.540. The molecule has 0 saturated heterocycles. The molecule has 120 valence electrons. The van der Waals surface area contributed by atoms with Gasteiger partial charge in [0.05, 0.1) is 0 Å². The summed E-state index contributed by atoms with van der Waals surface area (Å²) in [6.45, 7) is 4.67. The van der Waals surface area contributed by atoms with Gasteiger partial charge in [-0.05, 0) is 55.3 Å². The molecule has 0 aromatic heterocycles. The van der Waals surface area contributed by atoms with Crippen LogP contribution in [0, 0.1) is 0 Å². The second-order valence-corrected chi connectivity index (χ2v) is 5.11. The largest absolute Gasteiger partial charge is 0.489 e. The molecule has 2 aromatic rings. The summed E-state index contributed by atoms with van der Waals surface area (Å²) in [6.07, 6.45) is 7.29. The Kier molecular flexibility index (Phi) is 6.30. The lowest BCUT2D eigenvalue weighted by Gasteiger charge is -2.10. The highest BCUT2D eigenvalue weighted by Crippen LogP contribution is 2.26. The van der Waals surface area contributed by atoms with E-state index in [2.05, 4.69) is 25.2 Å². The van der Waals surface area contributed by atoms with E-state index in [1.807, 2.05) is 55.5 Å². The van der Waals surface area contributed by atoms with Crippen LogP contribution in [0.5, 0.6) is 17.2 Å². The van der Waals surface area contributed by atoms with E-state index in [9.17, 15) is 0 Å². The lowest BCUT2D eigenvalue weighted by molar-refractivity contribution is 0.353. The Hall–Kier alpha value is -2.68. The van der Waals surface area contributed by atoms with Gasteiger partial charge in [0.25, 0.3) is 0 Å². The van der Waals surface area contributed by atoms with Crippen LogP contribution in [0.25, 0.3) is 0 Å². The molecule has 2 rings (SSSR count). The summed E-state index contributed by atoms with van der Waals surface area (Å²) in [7, 11) is 0. The maximum atomic E-state index is 5.83. The highest BCUT2D eigenvalue weighted by Gasteiger charge is 2.01. The highest BCUT2D eigenvalue weighted by atomic mass is 16.5. The fraction of sp³-hybridized carbons (Fsp3) is 0.200. The Bertz CT molecular complexity index is 672. The van der Waals surface area contributed by atoms with Gasteiger partial charge in [0.1, 0.15) is 23.9 Å². The Labute approximate surface area is 138 Å². The summed E-state index contributed by atoms with van der Waals surface area (Å²) >= 11 is 0. The lowest BCUT2D eigenvalue weighted by Crippen LogP contribution is -1.99. The van der Waals surface area contributed by atoms with E-state index >= 15 is 0 Å². The van der Waals surface area contributed by atoms with E-state index in [1.54, 1.807) is 0 Å². The number of ether oxygens (including phenoxy) is 2. The standard InChI is InChI=1S/C20H23NO2/c1-3-5-7-16(4-2)15-22-19-8-6-9-20(14-19)23-18-12-10-17(21)11-13-18/h4-14H,3,15,21H2,1-2H3/b7-5-,16-4+. The first-order chi connectivity index (χ1) is 11.2. The summed E-state index contributed by atoms with van der Waals surface area (Å²) in [5.74, 6) is 2.26. The average molecular weight is 309 g/mol. The van der Waals surface area contributed by atoms with E-state index in [0.29, 0.717) is 12.3 Å². The van der Waals surface area contributed by atoms with Crippen molar-refractivity contribution in [2.24, 2.45) is 0 Å². The third kappa shape index (κ3) is 5.55. The van der Waals surface area contributed by atoms with Crippen molar-refractivity contribution in [1.82, 2.24) is 0 Å². The van der Waals surface area contributed by atoms with Crippen molar-refractivity contribution >= 4 is 5.69 Å². The smallest absolute Gasteiger partial charge is 0.131 e. The number of nitrogen functional groups attached to an aromatic ring is 1. The van der Waals surface area contributed by atoms with Crippen LogP contribution in [0.3, 0.4) is 0 Å². The topological polar surface area (TPSA) is 44.5 Å². The molecule has 0 aliphatic rings. The molecule has 0 atom stereocenters. The molecule has 0 heterocycles. The first-order valence-electron chi connectivity index (χ1n) is 7.79. The molecule has 3 heteroatoms. The molecule has 0 bridgehead atoms. The number of anilines is 1. The van der Waals surface area contributed by atoms with Crippen molar-refractivity contribution < 1.29 is 9.47 Å². The van der Waals surface area contributed by atoms with E-state index in [1.165, 1.54) is 0 Å². The van der Waals surface area contributed by atoms with E-state index in [-0.39, 0.29) is 0 Å². The van der Waals surface area contributed by atoms with Crippen molar-refractivity contribution in [3.05, 3.63) is 72.3 Å². The van der Waals surface area contributed by atoms with Gasteiger partial charge in [0.15, 0.2) is 0 Å². The fourth-order valence-electron chi connectivity index (χ4n) is 1.96. The van der Waals surface area contributed by atoms with Gasteiger partial charge >= 0.3 is 0 Å². The molecule has 0 radical (unpaired) electrons. The molecule has 0 unspecified atom stereocenters. The minimum absolute atomic E-state index is 0.540. The van der Waals surface area contributed by atoms with Crippen molar-refractivity contribution in [3.63, 3.8) is 0 Å². The molecule has 2 aromatic carbocycles. The van der Waals surface area contributed by atoms with Gasteiger partial charge in [-0.1, -0.05) is 31.2 Å². The zero-order valence-electron chi connectivity index (χ0n) is 13.7. The molecular formula is C20H23NO2. The van der Waals surface area contributed by atoms with Crippen LogP contribution >= 0.6 is 0 Å². The molecule has 3 nitrogen and oxygen atoms in total. The molecule has 0 spiro atoms. The number of benzene rings is 2. The number of hydrogen-bond acceptors (Lipinski definition) is 3. The van der Waals surface area contributed by atoms with Gasteiger partial charge in [0, 0.05) is 11.8 Å². The highest BCUT2D eigenvalue weighted by molar-refractivity contribution is 5.43. The molecule has 0 aliphatic heterocycles. The van der Waals surface area contributed by atoms with Crippen LogP contribution in [0.1, 0.15) is 20.3 Å². The minimum Gasteiger partial charge on any atom is -0.489 e. The van der Waals surface area contributed by atoms with E-state index in [0.717, 1.165) is 29.2 Å². The van der Waals surface area contributed by atoms with Gasteiger partial charge in [-0.25, -0.2) is 0 Å². The van der Waals surface area contributed by atoms with Crippen LogP contribution in [0.15, 0.2) is 72.3 Å². The van der Waals surface area contributed by atoms with Crippen LogP contribution < -0.4 is 15.2 Å². The molecule has 0 aliphatic carbocycles. The summed E-state index contributed by atoms with van der Waals surface area (Å²) in [4.78, 5) is 0. The Morgan fingerprint density at radius 3 is 2.48 bits per heavy atom. The Morgan fingerprint density at radius 1 is 1.04 bits per heavy atom. The van der Waals surface area contributed by atoms with Gasteiger partial charge in [-0.2, -0.15) is 0 Å². The number of nitrogens with two attached hydrogens (primary N) is 1. The number of allylic oxidation sites excluding steroid dienone is 2. The molecule has 0 saturated carbocycles. The average Bonchev–Trinajstić information content (AvgIpc) is 2.57. The summed E-state index contributed by atoms with van der Waals surface area (Å²) in [5, 5.41) is 0. The van der Waals surface area contributed by atoms with Crippen LogP contribution in [0.4, 0.5) is 5.69 Å². The quantitative estimate of drug-likeness (QED) is 0.553. The first-order valence-corrected chi connectivity index (χ1v) is 7.79.